The Morgan fingerprint density at radius 1 is 1.21 bits per heavy atom. The van der Waals surface area contributed by atoms with E-state index in [9.17, 15) is 0 Å². The van der Waals surface area contributed by atoms with Crippen LogP contribution in [0.25, 0.3) is 10.9 Å². The molecule has 5 rings (SSSR count). The molecule has 8 heteroatoms. The van der Waals surface area contributed by atoms with Gasteiger partial charge in [0.25, 0.3) is 0 Å². The number of benzene rings is 1. The van der Waals surface area contributed by atoms with E-state index in [2.05, 4.69) is 49.9 Å². The third-order valence-corrected chi connectivity index (χ3v) is 8.44. The number of piperazine rings is 1. The molecule has 2 aromatic heterocycles. The third-order valence-electron chi connectivity index (χ3n) is 7.49. The highest BCUT2D eigenvalue weighted by atomic mass is 32.1. The molecule has 3 heterocycles. The van der Waals surface area contributed by atoms with Crippen molar-refractivity contribution in [3.8, 4) is 5.75 Å². The maximum Gasteiger partial charge on any atom is 0.180 e. The number of aryl methyl sites for hydroxylation is 1. The largest absolute Gasteiger partial charge is 0.497 e. The Morgan fingerprint density at radius 3 is 2.82 bits per heavy atom. The number of hydrogen-bond acceptors (Lipinski definition) is 7. The maximum absolute atomic E-state index is 5.96. The van der Waals surface area contributed by atoms with Gasteiger partial charge in [-0.05, 0) is 56.0 Å². The molecule has 1 atom stereocenters. The van der Waals surface area contributed by atoms with E-state index in [-0.39, 0.29) is 0 Å². The van der Waals surface area contributed by atoms with Crippen LogP contribution in [0, 0.1) is 0 Å². The maximum atomic E-state index is 5.96. The number of thiazole rings is 1. The minimum Gasteiger partial charge on any atom is -0.497 e. The summed E-state index contributed by atoms with van der Waals surface area (Å²) >= 11 is 1.69. The molecule has 0 spiro atoms. The number of ether oxygens (including phenoxy) is 1. The summed E-state index contributed by atoms with van der Waals surface area (Å²) in [5.74, 6) is 0.919. The lowest BCUT2D eigenvalue weighted by Crippen LogP contribution is -2.49. The number of aromatic amines is 1. The third kappa shape index (κ3) is 5.25. The fraction of sp³-hybridized carbons (Fsp3) is 0.577. The molecule has 1 aliphatic carbocycles. The lowest BCUT2D eigenvalue weighted by atomic mass is 9.96. The van der Waals surface area contributed by atoms with Crippen LogP contribution in [0.15, 0.2) is 24.4 Å². The molecule has 0 bridgehead atoms. The minimum atomic E-state index is 0.632. The summed E-state index contributed by atoms with van der Waals surface area (Å²) in [7, 11) is 1.73. The van der Waals surface area contributed by atoms with Crippen LogP contribution < -0.4 is 10.5 Å². The highest BCUT2D eigenvalue weighted by Crippen LogP contribution is 2.30. The second-order valence-corrected chi connectivity index (χ2v) is 10.8. The van der Waals surface area contributed by atoms with Crippen LogP contribution in [0.5, 0.6) is 5.75 Å². The first-order chi connectivity index (χ1) is 16.6. The van der Waals surface area contributed by atoms with E-state index in [0.29, 0.717) is 6.04 Å². The predicted octanol–water partition coefficient (Wildman–Crippen LogP) is 3.60. The molecule has 34 heavy (non-hydrogen) atoms. The molecule has 184 valence electrons. The lowest BCUT2D eigenvalue weighted by molar-refractivity contribution is 0.101. The van der Waals surface area contributed by atoms with E-state index in [0.717, 1.165) is 69.5 Å². The van der Waals surface area contributed by atoms with Gasteiger partial charge < -0.3 is 15.5 Å². The molecule has 0 radical (unpaired) electrons. The zero-order valence-electron chi connectivity index (χ0n) is 20.6. The first-order valence-corrected chi connectivity index (χ1v) is 13.5. The van der Waals surface area contributed by atoms with E-state index >= 15 is 0 Å². The molecule has 2 aliphatic rings. The van der Waals surface area contributed by atoms with Crippen molar-refractivity contribution in [3.05, 3.63) is 40.5 Å². The van der Waals surface area contributed by atoms with Crippen LogP contribution in [0.4, 0.5) is 5.13 Å². The summed E-state index contributed by atoms with van der Waals surface area (Å²) in [4.78, 5) is 17.3. The Hall–Kier alpha value is -2.13. The topological polar surface area (TPSA) is 73.6 Å². The molecule has 3 aromatic rings. The van der Waals surface area contributed by atoms with E-state index in [1.807, 2.05) is 6.07 Å². The minimum absolute atomic E-state index is 0.632. The summed E-state index contributed by atoms with van der Waals surface area (Å²) in [6, 6.07) is 6.90. The standard InChI is InChI=1S/C26H38N6OS/c1-3-8-32(20-4-6-24-25(15-20)34-26(27)29-24)14-13-30-9-11-31(12-10-30)18-19-17-28-23-7-5-21(33-2)16-22(19)23/h5,7,16-17,20,28H,3-4,6,8-15,18H2,1-2H3,(H2,27,29). The van der Waals surface area contributed by atoms with Gasteiger partial charge in [0, 0.05) is 73.8 Å². The number of H-pyrrole nitrogens is 1. The van der Waals surface area contributed by atoms with Crippen LogP contribution in [0.2, 0.25) is 0 Å². The molecule has 1 aliphatic heterocycles. The van der Waals surface area contributed by atoms with Crippen molar-refractivity contribution in [2.24, 2.45) is 0 Å². The van der Waals surface area contributed by atoms with Gasteiger partial charge in [-0.3, -0.25) is 14.7 Å². The zero-order valence-corrected chi connectivity index (χ0v) is 21.4. The van der Waals surface area contributed by atoms with Gasteiger partial charge in [0.1, 0.15) is 5.75 Å². The van der Waals surface area contributed by atoms with Crippen molar-refractivity contribution in [2.45, 2.75) is 45.2 Å². The van der Waals surface area contributed by atoms with Crippen molar-refractivity contribution in [3.63, 3.8) is 0 Å². The van der Waals surface area contributed by atoms with Crippen LogP contribution >= 0.6 is 11.3 Å². The zero-order chi connectivity index (χ0) is 23.5. The fourth-order valence-electron chi connectivity index (χ4n) is 5.55. The van der Waals surface area contributed by atoms with Crippen LogP contribution in [0.1, 0.15) is 35.9 Å². The molecule has 1 fully saturated rings. The van der Waals surface area contributed by atoms with Gasteiger partial charge in [-0.2, -0.15) is 0 Å². The number of rotatable bonds is 9. The van der Waals surface area contributed by atoms with E-state index in [4.69, 9.17) is 10.5 Å². The number of hydrogen-bond donors (Lipinski definition) is 2. The number of nitrogens with two attached hydrogens (primary N) is 1. The Labute approximate surface area is 206 Å². The Morgan fingerprint density at radius 2 is 2.03 bits per heavy atom. The van der Waals surface area contributed by atoms with Gasteiger partial charge in [0.2, 0.25) is 0 Å². The second-order valence-electron chi connectivity index (χ2n) is 9.70. The number of methoxy groups -OCH3 is 1. The second kappa shape index (κ2) is 10.6. The van der Waals surface area contributed by atoms with Crippen molar-refractivity contribution >= 4 is 27.4 Å². The van der Waals surface area contributed by atoms with Gasteiger partial charge in [0.15, 0.2) is 5.13 Å². The van der Waals surface area contributed by atoms with Gasteiger partial charge in [-0.25, -0.2) is 4.98 Å². The summed E-state index contributed by atoms with van der Waals surface area (Å²) in [5, 5.41) is 2.01. The summed E-state index contributed by atoms with van der Waals surface area (Å²) in [6.45, 7) is 11.3. The number of anilines is 1. The Balaban J connectivity index is 1.12. The normalized spacial score (nSPS) is 19.7. The van der Waals surface area contributed by atoms with Crippen molar-refractivity contribution in [2.75, 3.05) is 58.7 Å². The quantitative estimate of drug-likeness (QED) is 0.486. The fourth-order valence-corrected chi connectivity index (χ4v) is 6.50. The van der Waals surface area contributed by atoms with Crippen molar-refractivity contribution in [1.29, 1.82) is 0 Å². The smallest absolute Gasteiger partial charge is 0.180 e. The molecule has 1 saturated heterocycles. The van der Waals surface area contributed by atoms with Gasteiger partial charge in [-0.1, -0.05) is 6.92 Å². The number of aromatic nitrogens is 2. The molecule has 3 N–H and O–H groups in total. The molecular weight excluding hydrogens is 444 g/mol. The molecule has 1 aromatic carbocycles. The van der Waals surface area contributed by atoms with Crippen LogP contribution in [-0.2, 0) is 19.4 Å². The Bertz CT molecular complexity index is 1090. The number of nitrogens with zero attached hydrogens (tertiary/aromatic N) is 4. The van der Waals surface area contributed by atoms with Crippen molar-refractivity contribution < 1.29 is 4.74 Å². The van der Waals surface area contributed by atoms with E-state index in [1.54, 1.807) is 18.4 Å². The van der Waals surface area contributed by atoms with Gasteiger partial charge in [0.05, 0.1) is 12.8 Å². The SMILES string of the molecule is CCCN(CCN1CCN(Cc2c[nH]c3ccc(OC)cc23)CC1)C1CCc2nc(N)sc2C1. The number of nitrogens with one attached hydrogen (secondary N) is 1. The highest BCUT2D eigenvalue weighted by molar-refractivity contribution is 7.15. The average Bonchev–Trinajstić information content (AvgIpc) is 3.43. The number of fused-ring (bicyclic) bond motifs is 2. The average molecular weight is 483 g/mol. The number of nitrogen functional groups attached to an aromatic ring is 1. The van der Waals surface area contributed by atoms with E-state index < -0.39 is 0 Å². The van der Waals surface area contributed by atoms with Crippen molar-refractivity contribution in [1.82, 2.24) is 24.7 Å². The highest BCUT2D eigenvalue weighted by Gasteiger charge is 2.27. The summed E-state index contributed by atoms with van der Waals surface area (Å²) in [6.07, 6.45) is 6.77. The van der Waals surface area contributed by atoms with Crippen LogP contribution in [0.3, 0.4) is 0 Å². The summed E-state index contributed by atoms with van der Waals surface area (Å²) in [5.41, 5.74) is 9.75. The monoisotopic (exact) mass is 482 g/mol. The molecule has 7 nitrogen and oxygen atoms in total. The van der Waals surface area contributed by atoms with Gasteiger partial charge >= 0.3 is 0 Å². The van der Waals surface area contributed by atoms with E-state index in [1.165, 1.54) is 46.4 Å². The predicted molar refractivity (Wildman–Crippen MR) is 141 cm³/mol. The molecule has 0 amide bonds. The Kier molecular flexibility index (Phi) is 7.39. The molecular formula is C26H38N6OS. The first-order valence-electron chi connectivity index (χ1n) is 12.7. The van der Waals surface area contributed by atoms with Crippen LogP contribution in [-0.4, -0.2) is 83.6 Å². The first kappa shape index (κ1) is 23.6. The van der Waals surface area contributed by atoms with Gasteiger partial charge in [-0.15, -0.1) is 11.3 Å². The molecule has 1 unspecified atom stereocenters. The summed E-state index contributed by atoms with van der Waals surface area (Å²) < 4.78 is 5.43. The lowest BCUT2D eigenvalue weighted by Gasteiger charge is -2.38. The molecule has 0 saturated carbocycles.